The van der Waals surface area contributed by atoms with Gasteiger partial charge in [-0.05, 0) is 42.5 Å². The number of ether oxygens (including phenoxy) is 3. The van der Waals surface area contributed by atoms with Crippen LogP contribution in [0.1, 0.15) is 10.4 Å². The molecule has 0 unspecified atom stereocenters. The van der Waals surface area contributed by atoms with Gasteiger partial charge in [0.25, 0.3) is 11.8 Å². The lowest BCUT2D eigenvalue weighted by molar-refractivity contribution is -0.119. The molecule has 26 heavy (non-hydrogen) atoms. The van der Waals surface area contributed by atoms with E-state index in [0.717, 1.165) is 0 Å². The molecule has 2 rings (SSSR count). The van der Waals surface area contributed by atoms with Gasteiger partial charge in [0.05, 0.1) is 13.7 Å². The van der Waals surface area contributed by atoms with Crippen molar-refractivity contribution in [2.24, 2.45) is 5.73 Å². The summed E-state index contributed by atoms with van der Waals surface area (Å²) in [6, 6.07) is 10.1. The number of hydrogen-bond donors (Lipinski definition) is 2. The largest absolute Gasteiger partial charge is 0.493 e. The van der Waals surface area contributed by atoms with E-state index < -0.39 is 5.91 Å². The molecule has 0 heterocycles. The third-order valence-corrected chi connectivity index (χ3v) is 3.27. The summed E-state index contributed by atoms with van der Waals surface area (Å²) in [6.45, 7) is 0.204. The first-order chi connectivity index (χ1) is 12.5. The summed E-state index contributed by atoms with van der Waals surface area (Å²) >= 11 is 0. The Bertz CT molecular complexity index is 765. The average Bonchev–Trinajstić information content (AvgIpc) is 2.64. The molecule has 0 atom stereocenters. The number of halogens is 1. The molecule has 2 aromatic rings. The van der Waals surface area contributed by atoms with Crippen molar-refractivity contribution in [3.8, 4) is 17.2 Å². The highest BCUT2D eigenvalue weighted by atomic mass is 19.1. The van der Waals surface area contributed by atoms with E-state index in [4.69, 9.17) is 19.9 Å². The molecule has 8 heteroatoms. The second kappa shape index (κ2) is 9.26. The van der Waals surface area contributed by atoms with E-state index in [1.54, 1.807) is 0 Å². The van der Waals surface area contributed by atoms with Crippen LogP contribution in [0.5, 0.6) is 17.2 Å². The predicted molar refractivity (Wildman–Crippen MR) is 91.9 cm³/mol. The van der Waals surface area contributed by atoms with Gasteiger partial charge in [-0.25, -0.2) is 4.39 Å². The van der Waals surface area contributed by atoms with Crippen molar-refractivity contribution >= 4 is 11.8 Å². The maximum Gasteiger partial charge on any atom is 0.255 e. The van der Waals surface area contributed by atoms with Gasteiger partial charge in [-0.1, -0.05) is 0 Å². The molecule has 2 amide bonds. The van der Waals surface area contributed by atoms with Gasteiger partial charge in [-0.2, -0.15) is 0 Å². The molecule has 0 radical (unpaired) electrons. The number of carbonyl (C=O) groups excluding carboxylic acids is 2. The number of benzene rings is 2. The number of hydrogen-bond acceptors (Lipinski definition) is 5. The van der Waals surface area contributed by atoms with Crippen molar-refractivity contribution in [2.45, 2.75) is 0 Å². The molecular weight excluding hydrogens is 343 g/mol. The van der Waals surface area contributed by atoms with Crippen LogP contribution in [0.25, 0.3) is 0 Å². The Morgan fingerprint density at radius 3 is 2.46 bits per heavy atom. The third-order valence-electron chi connectivity index (χ3n) is 3.27. The normalized spacial score (nSPS) is 10.1. The van der Waals surface area contributed by atoms with Crippen LogP contribution in [0.3, 0.4) is 0 Å². The molecule has 2 aromatic carbocycles. The van der Waals surface area contributed by atoms with Crippen molar-refractivity contribution < 1.29 is 28.2 Å². The van der Waals surface area contributed by atoms with Crippen LogP contribution >= 0.6 is 0 Å². The first kappa shape index (κ1) is 19.0. The number of primary amides is 1. The summed E-state index contributed by atoms with van der Waals surface area (Å²) in [5.74, 6) is -0.160. The van der Waals surface area contributed by atoms with Crippen LogP contribution in [0.4, 0.5) is 4.39 Å². The summed E-state index contributed by atoms with van der Waals surface area (Å²) in [5.41, 5.74) is 5.38. The number of amides is 2. The predicted octanol–water partition coefficient (Wildman–Crippen LogP) is 1.51. The van der Waals surface area contributed by atoms with Crippen molar-refractivity contribution in [1.82, 2.24) is 5.32 Å². The zero-order valence-corrected chi connectivity index (χ0v) is 14.2. The van der Waals surface area contributed by atoms with Gasteiger partial charge in [0, 0.05) is 5.56 Å². The molecule has 0 aromatic heterocycles. The molecule has 0 aliphatic heterocycles. The molecule has 0 fully saturated rings. The second-order valence-corrected chi connectivity index (χ2v) is 5.18. The Hall–Kier alpha value is -3.29. The van der Waals surface area contributed by atoms with E-state index in [1.807, 2.05) is 0 Å². The Morgan fingerprint density at radius 2 is 1.81 bits per heavy atom. The highest BCUT2D eigenvalue weighted by Gasteiger charge is 2.11. The summed E-state index contributed by atoms with van der Waals surface area (Å²) in [6.07, 6.45) is 0. The van der Waals surface area contributed by atoms with Crippen molar-refractivity contribution in [1.29, 1.82) is 0 Å². The Kier molecular flexibility index (Phi) is 6.78. The number of nitrogens with one attached hydrogen (secondary N) is 1. The minimum atomic E-state index is -0.616. The topological polar surface area (TPSA) is 99.9 Å². The van der Waals surface area contributed by atoms with E-state index in [9.17, 15) is 14.0 Å². The van der Waals surface area contributed by atoms with Crippen molar-refractivity contribution in [3.05, 3.63) is 53.8 Å². The lowest BCUT2D eigenvalue weighted by Crippen LogP contribution is -2.28. The smallest absolute Gasteiger partial charge is 0.255 e. The minimum absolute atomic E-state index is 0.230. The van der Waals surface area contributed by atoms with Crippen LogP contribution in [0.2, 0.25) is 0 Å². The van der Waals surface area contributed by atoms with Gasteiger partial charge in [0.1, 0.15) is 18.2 Å². The SMILES string of the molecule is COc1cc(C(=O)NCCOc2ccc(F)cc2)ccc1OCC(N)=O. The van der Waals surface area contributed by atoms with Crippen LogP contribution in [-0.2, 0) is 4.79 Å². The van der Waals surface area contributed by atoms with Crippen LogP contribution in [-0.4, -0.2) is 38.7 Å². The fourth-order valence-electron chi connectivity index (χ4n) is 2.04. The number of methoxy groups -OCH3 is 1. The number of nitrogens with two attached hydrogens (primary N) is 1. The highest BCUT2D eigenvalue weighted by molar-refractivity contribution is 5.94. The fraction of sp³-hybridized carbons (Fsp3) is 0.222. The van der Waals surface area contributed by atoms with Gasteiger partial charge in [-0.15, -0.1) is 0 Å². The molecule has 3 N–H and O–H groups in total. The van der Waals surface area contributed by atoms with Crippen molar-refractivity contribution in [3.63, 3.8) is 0 Å². The number of rotatable bonds is 9. The Balaban J connectivity index is 1.86. The summed E-state index contributed by atoms with van der Waals surface area (Å²) in [7, 11) is 1.42. The highest BCUT2D eigenvalue weighted by Crippen LogP contribution is 2.28. The molecule has 0 bridgehead atoms. The van der Waals surface area contributed by atoms with Crippen LogP contribution in [0, 0.1) is 5.82 Å². The lowest BCUT2D eigenvalue weighted by Gasteiger charge is -2.12. The zero-order valence-electron chi connectivity index (χ0n) is 14.2. The van der Waals surface area contributed by atoms with E-state index >= 15 is 0 Å². The second-order valence-electron chi connectivity index (χ2n) is 5.18. The van der Waals surface area contributed by atoms with Crippen LogP contribution in [0.15, 0.2) is 42.5 Å². The van der Waals surface area contributed by atoms with Gasteiger partial charge in [0.15, 0.2) is 18.1 Å². The standard InChI is InChI=1S/C18H19FN2O5/c1-24-16-10-12(2-7-15(16)26-11-17(20)22)18(23)21-8-9-25-14-5-3-13(19)4-6-14/h2-7,10H,8-9,11H2,1H3,(H2,20,22)(H,21,23). The summed E-state index contributed by atoms with van der Waals surface area (Å²) < 4.78 is 28.5. The molecule has 0 saturated heterocycles. The quantitative estimate of drug-likeness (QED) is 0.659. The molecule has 138 valence electrons. The monoisotopic (exact) mass is 362 g/mol. The molecule has 0 aliphatic carbocycles. The van der Waals surface area contributed by atoms with Gasteiger partial charge >= 0.3 is 0 Å². The minimum Gasteiger partial charge on any atom is -0.493 e. The average molecular weight is 362 g/mol. The maximum atomic E-state index is 12.8. The summed E-state index contributed by atoms with van der Waals surface area (Å²) in [5, 5.41) is 2.69. The first-order valence-corrected chi connectivity index (χ1v) is 7.75. The van der Waals surface area contributed by atoms with Crippen LogP contribution < -0.4 is 25.3 Å². The van der Waals surface area contributed by atoms with E-state index in [2.05, 4.69) is 5.32 Å². The third kappa shape index (κ3) is 5.66. The van der Waals surface area contributed by atoms with E-state index in [0.29, 0.717) is 22.8 Å². The van der Waals surface area contributed by atoms with Gasteiger partial charge in [-0.3, -0.25) is 9.59 Å². The lowest BCUT2D eigenvalue weighted by atomic mass is 10.2. The Labute approximate surface area is 149 Å². The molecule has 0 saturated carbocycles. The Morgan fingerprint density at radius 1 is 1.08 bits per heavy atom. The molecular formula is C18H19FN2O5. The summed E-state index contributed by atoms with van der Waals surface area (Å²) in [4.78, 5) is 22.9. The maximum absolute atomic E-state index is 12.8. The molecule has 0 spiro atoms. The van der Waals surface area contributed by atoms with Crippen molar-refractivity contribution in [2.75, 3.05) is 26.9 Å². The number of carbonyl (C=O) groups is 2. The molecule has 0 aliphatic rings. The van der Waals surface area contributed by atoms with Gasteiger partial charge in [0.2, 0.25) is 0 Å². The molecule has 7 nitrogen and oxygen atoms in total. The fourth-order valence-corrected chi connectivity index (χ4v) is 2.04. The van der Waals surface area contributed by atoms with E-state index in [1.165, 1.54) is 49.6 Å². The van der Waals surface area contributed by atoms with E-state index in [-0.39, 0.29) is 31.5 Å². The van der Waals surface area contributed by atoms with Gasteiger partial charge < -0.3 is 25.3 Å². The zero-order chi connectivity index (χ0) is 18.9. The first-order valence-electron chi connectivity index (χ1n) is 7.75.